The molecule has 3 nitrogen and oxygen atoms in total. The van der Waals surface area contributed by atoms with Gasteiger partial charge in [-0.2, -0.15) is 0 Å². The highest BCUT2D eigenvalue weighted by Crippen LogP contribution is 2.27. The maximum atomic E-state index is 9.04. The van der Waals surface area contributed by atoms with Gasteiger partial charge in [-0.05, 0) is 60.8 Å². The van der Waals surface area contributed by atoms with Gasteiger partial charge in [0.05, 0.1) is 23.4 Å². The maximum Gasteiger partial charge on any atom is 0.0844 e. The van der Waals surface area contributed by atoms with Gasteiger partial charge < -0.3 is 14.6 Å². The number of unbranched alkanes of at least 4 members (excludes halogenated alkanes) is 8. The van der Waals surface area contributed by atoms with Crippen LogP contribution in [0.25, 0.3) is 0 Å². The summed E-state index contributed by atoms with van der Waals surface area (Å²) in [7, 11) is 0. The van der Waals surface area contributed by atoms with Crippen molar-refractivity contribution in [1.82, 2.24) is 0 Å². The molecule has 0 aliphatic carbocycles. The number of rotatable bonds is 16. The highest BCUT2D eigenvalue weighted by molar-refractivity contribution is 4.78. The first-order chi connectivity index (χ1) is 12.6. The fourth-order valence-electron chi connectivity index (χ4n) is 3.49. The molecule has 0 saturated carbocycles. The lowest BCUT2D eigenvalue weighted by Crippen LogP contribution is -2.41. The summed E-state index contributed by atoms with van der Waals surface area (Å²) < 4.78 is 12.9. The Morgan fingerprint density at radius 1 is 0.593 bits per heavy atom. The average Bonchev–Trinajstić information content (AvgIpc) is 2.53. The summed E-state index contributed by atoms with van der Waals surface area (Å²) in [6.07, 6.45) is 14.6. The van der Waals surface area contributed by atoms with Crippen LogP contribution in [0.1, 0.15) is 126 Å². The topological polar surface area (TPSA) is 38.7 Å². The molecular weight excluding hydrogens is 336 g/mol. The zero-order valence-electron chi connectivity index (χ0n) is 19.6. The van der Waals surface area contributed by atoms with Gasteiger partial charge in [0.25, 0.3) is 0 Å². The minimum absolute atomic E-state index is 0.128. The Labute approximate surface area is 170 Å². The van der Waals surface area contributed by atoms with Crippen molar-refractivity contribution in [3.8, 4) is 0 Å². The van der Waals surface area contributed by atoms with Gasteiger partial charge in [-0.25, -0.2) is 0 Å². The van der Waals surface area contributed by atoms with Crippen molar-refractivity contribution in [2.24, 2.45) is 0 Å². The third kappa shape index (κ3) is 17.7. The molecule has 0 rings (SSSR count). The van der Waals surface area contributed by atoms with Crippen LogP contribution >= 0.6 is 0 Å². The molecule has 0 aromatic rings. The van der Waals surface area contributed by atoms with E-state index in [0.29, 0.717) is 0 Å². The molecule has 2 atom stereocenters. The third-order valence-electron chi connectivity index (χ3n) is 4.66. The van der Waals surface area contributed by atoms with Gasteiger partial charge in [0, 0.05) is 6.61 Å². The van der Waals surface area contributed by atoms with E-state index in [0.717, 1.165) is 32.1 Å². The third-order valence-corrected chi connectivity index (χ3v) is 4.66. The molecule has 0 aromatic carbocycles. The Morgan fingerprint density at radius 2 is 0.963 bits per heavy atom. The molecule has 0 heterocycles. The van der Waals surface area contributed by atoms with E-state index in [-0.39, 0.29) is 30.0 Å². The monoisotopic (exact) mass is 386 g/mol. The highest BCUT2D eigenvalue weighted by Gasteiger charge is 2.30. The van der Waals surface area contributed by atoms with Gasteiger partial charge in [-0.15, -0.1) is 0 Å². The van der Waals surface area contributed by atoms with Crippen LogP contribution < -0.4 is 0 Å². The van der Waals surface area contributed by atoms with Crippen LogP contribution in [0.3, 0.4) is 0 Å². The standard InChI is InChI=1S/C24H50O3/c1-8-9-10-11-12-13-15-18-21(26-23(2,3)4)22(27-24(5,6)7)19-16-14-17-20-25/h21-22,25H,8-20H2,1-7H3. The second-order valence-electron chi connectivity index (χ2n) is 10.0. The molecule has 0 aliphatic heterocycles. The Morgan fingerprint density at radius 3 is 1.33 bits per heavy atom. The predicted octanol–water partition coefficient (Wildman–Crippen LogP) is 7.05. The number of hydrogen-bond donors (Lipinski definition) is 1. The van der Waals surface area contributed by atoms with Gasteiger partial charge in [0.2, 0.25) is 0 Å². The van der Waals surface area contributed by atoms with Gasteiger partial charge >= 0.3 is 0 Å². The summed E-state index contributed by atoms with van der Waals surface area (Å²) in [4.78, 5) is 0. The first-order valence-corrected chi connectivity index (χ1v) is 11.6. The Bertz CT molecular complexity index is 327. The summed E-state index contributed by atoms with van der Waals surface area (Å²) in [5.41, 5.74) is -0.322. The second kappa shape index (κ2) is 14.8. The van der Waals surface area contributed by atoms with Crippen molar-refractivity contribution in [2.75, 3.05) is 6.61 Å². The van der Waals surface area contributed by atoms with E-state index >= 15 is 0 Å². The van der Waals surface area contributed by atoms with Crippen molar-refractivity contribution in [3.63, 3.8) is 0 Å². The molecule has 0 bridgehead atoms. The highest BCUT2D eigenvalue weighted by atomic mass is 16.6. The van der Waals surface area contributed by atoms with Crippen molar-refractivity contribution in [1.29, 1.82) is 0 Å². The zero-order valence-corrected chi connectivity index (χ0v) is 19.6. The molecule has 0 spiro atoms. The van der Waals surface area contributed by atoms with Crippen LogP contribution in [-0.2, 0) is 9.47 Å². The van der Waals surface area contributed by atoms with Crippen molar-refractivity contribution >= 4 is 0 Å². The van der Waals surface area contributed by atoms with E-state index in [4.69, 9.17) is 14.6 Å². The van der Waals surface area contributed by atoms with Crippen molar-refractivity contribution in [2.45, 2.75) is 149 Å². The fourth-order valence-corrected chi connectivity index (χ4v) is 3.49. The molecule has 0 fully saturated rings. The molecule has 0 radical (unpaired) electrons. The molecule has 0 aliphatic rings. The fraction of sp³-hybridized carbons (Fsp3) is 1.00. The molecule has 3 heteroatoms. The lowest BCUT2D eigenvalue weighted by atomic mass is 9.98. The maximum absolute atomic E-state index is 9.04. The summed E-state index contributed by atoms with van der Waals surface area (Å²) in [6.45, 7) is 15.4. The predicted molar refractivity (Wildman–Crippen MR) is 117 cm³/mol. The Kier molecular flexibility index (Phi) is 14.8. The van der Waals surface area contributed by atoms with Crippen LogP contribution in [0.2, 0.25) is 0 Å². The summed E-state index contributed by atoms with van der Waals surface area (Å²) in [6, 6.07) is 0. The zero-order chi connectivity index (χ0) is 20.8. The molecule has 0 amide bonds. The number of ether oxygens (including phenoxy) is 2. The SMILES string of the molecule is CCCCCCCCCC(OC(C)(C)C)C(CCCCCO)OC(C)(C)C. The molecule has 27 heavy (non-hydrogen) atoms. The van der Waals surface area contributed by atoms with Crippen LogP contribution in [0.4, 0.5) is 0 Å². The summed E-state index contributed by atoms with van der Waals surface area (Å²) >= 11 is 0. The molecule has 164 valence electrons. The lowest BCUT2D eigenvalue weighted by molar-refractivity contribution is -0.167. The number of aliphatic hydroxyl groups excluding tert-OH is 1. The first-order valence-electron chi connectivity index (χ1n) is 11.6. The van der Waals surface area contributed by atoms with E-state index in [1.54, 1.807) is 0 Å². The average molecular weight is 387 g/mol. The largest absolute Gasteiger partial charge is 0.396 e. The van der Waals surface area contributed by atoms with Gasteiger partial charge in [-0.1, -0.05) is 64.7 Å². The van der Waals surface area contributed by atoms with Crippen LogP contribution in [0, 0.1) is 0 Å². The van der Waals surface area contributed by atoms with Crippen molar-refractivity contribution in [3.05, 3.63) is 0 Å². The van der Waals surface area contributed by atoms with Gasteiger partial charge in [0.15, 0.2) is 0 Å². The number of hydrogen-bond acceptors (Lipinski definition) is 3. The lowest BCUT2D eigenvalue weighted by Gasteiger charge is -2.37. The minimum Gasteiger partial charge on any atom is -0.396 e. The first kappa shape index (κ1) is 26.9. The van der Waals surface area contributed by atoms with Gasteiger partial charge in [0.1, 0.15) is 0 Å². The van der Waals surface area contributed by atoms with Gasteiger partial charge in [-0.3, -0.25) is 0 Å². The van der Waals surface area contributed by atoms with E-state index < -0.39 is 0 Å². The molecule has 0 saturated heterocycles. The van der Waals surface area contributed by atoms with E-state index in [2.05, 4.69) is 48.5 Å². The van der Waals surface area contributed by atoms with E-state index in [9.17, 15) is 0 Å². The van der Waals surface area contributed by atoms with Crippen LogP contribution in [-0.4, -0.2) is 35.1 Å². The Balaban J connectivity index is 4.70. The van der Waals surface area contributed by atoms with Crippen molar-refractivity contribution < 1.29 is 14.6 Å². The van der Waals surface area contributed by atoms with Crippen LogP contribution in [0.15, 0.2) is 0 Å². The number of aliphatic hydroxyl groups is 1. The Hall–Kier alpha value is -0.120. The summed E-state index contributed by atoms with van der Waals surface area (Å²) in [5, 5.41) is 9.04. The molecular formula is C24H50O3. The molecule has 2 unspecified atom stereocenters. The van der Waals surface area contributed by atoms with E-state index in [1.807, 2.05) is 0 Å². The molecule has 1 N–H and O–H groups in total. The smallest absolute Gasteiger partial charge is 0.0844 e. The summed E-state index contributed by atoms with van der Waals surface area (Å²) in [5.74, 6) is 0. The second-order valence-corrected chi connectivity index (χ2v) is 10.0. The quantitative estimate of drug-likeness (QED) is 0.289. The normalized spacial score (nSPS) is 15.1. The minimum atomic E-state index is -0.165. The van der Waals surface area contributed by atoms with Crippen LogP contribution in [0.5, 0.6) is 0 Å². The van der Waals surface area contributed by atoms with E-state index in [1.165, 1.54) is 44.9 Å². The molecule has 0 aromatic heterocycles.